The summed E-state index contributed by atoms with van der Waals surface area (Å²) in [4.78, 5) is 0. The molecule has 0 saturated carbocycles. The third-order valence-electron chi connectivity index (χ3n) is 1.83. The smallest absolute Gasteiger partial charge is 0.123 e. The summed E-state index contributed by atoms with van der Waals surface area (Å²) >= 11 is 0. The number of halogens is 1. The van der Waals surface area contributed by atoms with Crippen LogP contribution in [0.5, 0.6) is 0 Å². The van der Waals surface area contributed by atoms with E-state index >= 15 is 0 Å². The average molecular weight is 183 g/mol. The van der Waals surface area contributed by atoms with Crippen molar-refractivity contribution in [2.75, 3.05) is 0 Å². The van der Waals surface area contributed by atoms with Gasteiger partial charge in [-0.3, -0.25) is 0 Å². The molecule has 0 aliphatic carbocycles. The van der Waals surface area contributed by atoms with Crippen molar-refractivity contribution in [2.45, 2.75) is 25.5 Å². The van der Waals surface area contributed by atoms with E-state index < -0.39 is 5.72 Å². The van der Waals surface area contributed by atoms with Crippen molar-refractivity contribution in [1.82, 2.24) is 0 Å². The Balaban J connectivity index is 2.51. The predicted molar refractivity (Wildman–Crippen MR) is 49.5 cm³/mol. The topological polar surface area (TPSA) is 46.2 Å². The van der Waals surface area contributed by atoms with Gasteiger partial charge in [-0.15, -0.1) is 0 Å². The molecule has 0 radical (unpaired) electrons. The van der Waals surface area contributed by atoms with E-state index in [0.717, 1.165) is 5.56 Å². The van der Waals surface area contributed by atoms with Crippen LogP contribution in [0.2, 0.25) is 0 Å². The number of hydrogen-bond donors (Lipinski definition) is 2. The maximum atomic E-state index is 12.5. The second-order valence-corrected chi connectivity index (χ2v) is 3.48. The molecule has 0 bridgehead atoms. The first-order valence-corrected chi connectivity index (χ1v) is 4.23. The second kappa shape index (κ2) is 3.85. The van der Waals surface area contributed by atoms with Gasteiger partial charge in [0.05, 0.1) is 0 Å². The van der Waals surface area contributed by atoms with E-state index in [1.54, 1.807) is 19.1 Å². The zero-order valence-electron chi connectivity index (χ0n) is 7.63. The normalized spacial score (nSPS) is 15.4. The van der Waals surface area contributed by atoms with Crippen LogP contribution in [0.1, 0.15) is 18.9 Å². The van der Waals surface area contributed by atoms with Crippen LogP contribution in [0.4, 0.5) is 4.39 Å². The van der Waals surface area contributed by atoms with Gasteiger partial charge in [-0.05, 0) is 37.5 Å². The molecule has 0 aliphatic heterocycles. The Labute approximate surface area is 77.2 Å². The van der Waals surface area contributed by atoms with E-state index in [1.807, 2.05) is 0 Å². The Kier molecular flexibility index (Phi) is 3.01. The molecule has 3 heteroatoms. The lowest BCUT2D eigenvalue weighted by atomic mass is 10.0. The maximum Gasteiger partial charge on any atom is 0.123 e. The molecule has 13 heavy (non-hydrogen) atoms. The van der Waals surface area contributed by atoms with Crippen molar-refractivity contribution in [3.63, 3.8) is 0 Å². The van der Waals surface area contributed by atoms with Gasteiger partial charge in [0.1, 0.15) is 11.5 Å². The summed E-state index contributed by atoms with van der Waals surface area (Å²) in [5.74, 6) is -0.247. The molecule has 0 amide bonds. The third kappa shape index (κ3) is 4.01. The molecule has 0 spiro atoms. The molecule has 1 aromatic rings. The van der Waals surface area contributed by atoms with Crippen molar-refractivity contribution < 1.29 is 9.50 Å². The molecule has 1 rings (SSSR count). The average Bonchev–Trinajstić information content (AvgIpc) is 2.02. The van der Waals surface area contributed by atoms with E-state index in [4.69, 9.17) is 5.73 Å². The van der Waals surface area contributed by atoms with E-state index in [-0.39, 0.29) is 5.82 Å². The largest absolute Gasteiger partial charge is 0.376 e. The monoisotopic (exact) mass is 183 g/mol. The zero-order valence-corrected chi connectivity index (χ0v) is 7.63. The summed E-state index contributed by atoms with van der Waals surface area (Å²) in [5.41, 5.74) is 5.23. The van der Waals surface area contributed by atoms with Gasteiger partial charge >= 0.3 is 0 Å². The summed E-state index contributed by atoms with van der Waals surface area (Å²) < 4.78 is 12.5. The highest BCUT2D eigenvalue weighted by Crippen LogP contribution is 2.09. The molecule has 1 aromatic carbocycles. The van der Waals surface area contributed by atoms with Gasteiger partial charge in [0.25, 0.3) is 0 Å². The van der Waals surface area contributed by atoms with Crippen molar-refractivity contribution in [1.29, 1.82) is 0 Å². The highest BCUT2D eigenvalue weighted by molar-refractivity contribution is 5.16. The molecule has 0 aliphatic rings. The Bertz CT molecular complexity index is 263. The lowest BCUT2D eigenvalue weighted by Gasteiger charge is -2.16. The Hall–Kier alpha value is -0.930. The molecule has 0 aromatic heterocycles. The Morgan fingerprint density at radius 3 is 2.38 bits per heavy atom. The maximum absolute atomic E-state index is 12.5. The summed E-state index contributed by atoms with van der Waals surface area (Å²) in [6.07, 6.45) is 1.13. The molecule has 3 N–H and O–H groups in total. The van der Waals surface area contributed by atoms with Crippen LogP contribution in [0, 0.1) is 5.82 Å². The quantitative estimate of drug-likeness (QED) is 0.696. The summed E-state index contributed by atoms with van der Waals surface area (Å²) in [6, 6.07) is 6.20. The molecule has 2 nitrogen and oxygen atoms in total. The van der Waals surface area contributed by atoms with Crippen molar-refractivity contribution in [3.05, 3.63) is 35.6 Å². The van der Waals surface area contributed by atoms with Crippen molar-refractivity contribution >= 4 is 0 Å². The molecule has 72 valence electrons. The van der Waals surface area contributed by atoms with Crippen LogP contribution in [-0.4, -0.2) is 10.8 Å². The molecule has 1 atom stereocenters. The number of aryl methyl sites for hydroxylation is 1. The van der Waals surface area contributed by atoms with Crippen molar-refractivity contribution in [2.24, 2.45) is 5.73 Å². The first kappa shape index (κ1) is 10.2. The first-order valence-electron chi connectivity index (χ1n) is 4.23. The first-order chi connectivity index (χ1) is 5.97. The number of hydrogen-bond acceptors (Lipinski definition) is 2. The van der Waals surface area contributed by atoms with Crippen LogP contribution in [0.3, 0.4) is 0 Å². The SMILES string of the molecule is CC(N)(O)CCc1ccc(F)cc1. The zero-order chi connectivity index (χ0) is 9.90. The van der Waals surface area contributed by atoms with Crippen LogP contribution in [0.15, 0.2) is 24.3 Å². The predicted octanol–water partition coefficient (Wildman–Crippen LogP) is 1.43. The minimum atomic E-state index is -1.14. The van der Waals surface area contributed by atoms with Gasteiger partial charge in [-0.1, -0.05) is 12.1 Å². The fourth-order valence-electron chi connectivity index (χ4n) is 1.05. The number of aliphatic hydroxyl groups is 1. The van der Waals surface area contributed by atoms with Crippen LogP contribution in [-0.2, 0) is 6.42 Å². The number of nitrogens with two attached hydrogens (primary N) is 1. The minimum absolute atomic E-state index is 0.247. The third-order valence-corrected chi connectivity index (χ3v) is 1.83. The second-order valence-electron chi connectivity index (χ2n) is 3.48. The van der Waals surface area contributed by atoms with E-state index in [0.29, 0.717) is 12.8 Å². The van der Waals surface area contributed by atoms with Gasteiger partial charge in [-0.2, -0.15) is 0 Å². The Morgan fingerprint density at radius 2 is 1.92 bits per heavy atom. The lowest BCUT2D eigenvalue weighted by Crippen LogP contribution is -2.35. The van der Waals surface area contributed by atoms with E-state index in [9.17, 15) is 9.50 Å². The minimum Gasteiger partial charge on any atom is -0.376 e. The van der Waals surface area contributed by atoms with Crippen LogP contribution >= 0.6 is 0 Å². The molecular weight excluding hydrogens is 169 g/mol. The molecule has 0 saturated heterocycles. The van der Waals surface area contributed by atoms with Gasteiger partial charge in [0, 0.05) is 0 Å². The van der Waals surface area contributed by atoms with Gasteiger partial charge in [-0.25, -0.2) is 4.39 Å². The summed E-state index contributed by atoms with van der Waals surface area (Å²) in [5, 5.41) is 9.24. The molecular formula is C10H14FNO. The highest BCUT2D eigenvalue weighted by Gasteiger charge is 2.12. The van der Waals surface area contributed by atoms with Crippen molar-refractivity contribution in [3.8, 4) is 0 Å². The fraction of sp³-hybridized carbons (Fsp3) is 0.400. The summed E-state index contributed by atoms with van der Waals surface area (Å²) in [7, 11) is 0. The van der Waals surface area contributed by atoms with Crippen LogP contribution in [0.25, 0.3) is 0 Å². The molecule has 0 heterocycles. The van der Waals surface area contributed by atoms with Crippen LogP contribution < -0.4 is 5.73 Å². The molecule has 1 unspecified atom stereocenters. The standard InChI is InChI=1S/C10H14FNO/c1-10(12,13)7-6-8-2-4-9(11)5-3-8/h2-5,13H,6-7,12H2,1H3. The Morgan fingerprint density at radius 1 is 1.38 bits per heavy atom. The van der Waals surface area contributed by atoms with Gasteiger partial charge < -0.3 is 10.8 Å². The van der Waals surface area contributed by atoms with Gasteiger partial charge in [0.15, 0.2) is 0 Å². The highest BCUT2D eigenvalue weighted by atomic mass is 19.1. The van der Waals surface area contributed by atoms with E-state index in [2.05, 4.69) is 0 Å². The summed E-state index contributed by atoms with van der Waals surface area (Å²) in [6.45, 7) is 1.55. The van der Waals surface area contributed by atoms with Gasteiger partial charge in [0.2, 0.25) is 0 Å². The molecule has 0 fully saturated rings. The number of benzene rings is 1. The van der Waals surface area contributed by atoms with E-state index in [1.165, 1.54) is 12.1 Å². The fourth-order valence-corrected chi connectivity index (χ4v) is 1.05. The number of rotatable bonds is 3. The lowest BCUT2D eigenvalue weighted by molar-refractivity contribution is 0.0583.